The van der Waals surface area contributed by atoms with E-state index in [0.29, 0.717) is 0 Å². The summed E-state index contributed by atoms with van der Waals surface area (Å²) in [6.07, 6.45) is 3.17. The van der Waals surface area contributed by atoms with E-state index in [4.69, 9.17) is 0 Å². The van der Waals surface area contributed by atoms with Crippen LogP contribution >= 0.6 is 12.4 Å². The monoisotopic (exact) mass is 114 g/mol. The van der Waals surface area contributed by atoms with Gasteiger partial charge in [0.15, 0.2) is 6.26 Å². The highest BCUT2D eigenvalue weighted by Gasteiger charge is 1.77. The Morgan fingerprint density at radius 2 is 2.29 bits per heavy atom. The van der Waals surface area contributed by atoms with E-state index in [1.165, 1.54) is 10.0 Å². The van der Waals surface area contributed by atoms with Crippen LogP contribution in [0.1, 0.15) is 0 Å². The van der Waals surface area contributed by atoms with Gasteiger partial charge in [-0.3, -0.25) is 0 Å². The quantitative estimate of drug-likeness (QED) is 0.465. The van der Waals surface area contributed by atoms with Crippen molar-refractivity contribution >= 4 is 12.4 Å². The Morgan fingerprint density at radius 3 is 2.57 bits per heavy atom. The molecular weight excluding hydrogens is 110 g/mol. The Morgan fingerprint density at radius 1 is 1.43 bits per heavy atom. The van der Waals surface area contributed by atoms with Gasteiger partial charge in [-0.2, -0.15) is 0 Å². The first kappa shape index (κ1) is 4.46. The molecule has 7 heavy (non-hydrogen) atoms. The van der Waals surface area contributed by atoms with Crippen LogP contribution in [0.2, 0.25) is 0 Å². The van der Waals surface area contributed by atoms with Crippen LogP contribution in [-0.2, 0) is 0 Å². The first-order chi connectivity index (χ1) is 3.39. The highest BCUT2D eigenvalue weighted by molar-refractivity contribution is 7.66. The first-order valence-electron chi connectivity index (χ1n) is 1.86. The topological polar surface area (TPSA) is 19.0 Å². The standard InChI is InChI=1S/C4H4NOS/c7-5-3-1-2-4-6-5/h1-4H/q+1. The van der Waals surface area contributed by atoms with Gasteiger partial charge < -0.3 is 0 Å². The summed E-state index contributed by atoms with van der Waals surface area (Å²) >= 11 is 4.56. The summed E-state index contributed by atoms with van der Waals surface area (Å²) in [5.41, 5.74) is 0. The predicted molar refractivity (Wildman–Crippen MR) is 26.3 cm³/mol. The molecule has 0 bridgehead atoms. The van der Waals surface area contributed by atoms with E-state index in [0.717, 1.165) is 0 Å². The second-order valence-corrected chi connectivity index (χ2v) is 1.42. The van der Waals surface area contributed by atoms with Gasteiger partial charge in [-0.05, 0) is 6.07 Å². The van der Waals surface area contributed by atoms with Crippen molar-refractivity contribution in [2.24, 2.45) is 0 Å². The molecule has 0 amide bonds. The fourth-order valence-electron chi connectivity index (χ4n) is 0.296. The van der Waals surface area contributed by atoms with Crippen LogP contribution in [0.25, 0.3) is 0 Å². The van der Waals surface area contributed by atoms with E-state index in [1.807, 2.05) is 0 Å². The minimum atomic E-state index is 1.21. The van der Waals surface area contributed by atoms with Gasteiger partial charge >= 0.3 is 12.4 Å². The third-order valence-corrected chi connectivity index (χ3v) is 0.770. The minimum absolute atomic E-state index is 1.21. The molecule has 0 saturated heterocycles. The molecule has 0 aliphatic heterocycles. The number of aromatic nitrogens is 1. The van der Waals surface area contributed by atoms with Crippen LogP contribution in [0.4, 0.5) is 0 Å². The molecule has 0 spiro atoms. The maximum absolute atomic E-state index is 4.66. The van der Waals surface area contributed by atoms with Crippen LogP contribution in [0.3, 0.4) is 0 Å². The van der Waals surface area contributed by atoms with Gasteiger partial charge in [-0.15, -0.1) is 0 Å². The predicted octanol–water partition coefficient (Wildman–Crippen LogP) is 0.809. The average molecular weight is 114 g/mol. The molecule has 0 saturated carbocycles. The molecule has 1 rings (SSSR count). The molecule has 1 aromatic heterocycles. The highest BCUT2D eigenvalue weighted by Crippen LogP contribution is 1.71. The van der Waals surface area contributed by atoms with Crippen molar-refractivity contribution in [3.05, 3.63) is 24.6 Å². The van der Waals surface area contributed by atoms with Gasteiger partial charge in [0.05, 0.1) is 3.79 Å². The van der Waals surface area contributed by atoms with Crippen molar-refractivity contribution in [3.63, 3.8) is 0 Å². The zero-order valence-electron chi connectivity index (χ0n) is 3.57. The second-order valence-electron chi connectivity index (χ2n) is 1.06. The van der Waals surface area contributed by atoms with Crippen LogP contribution in [0.15, 0.2) is 29.1 Å². The van der Waals surface area contributed by atoms with Crippen molar-refractivity contribution < 1.29 is 8.31 Å². The number of rotatable bonds is 0. The van der Waals surface area contributed by atoms with E-state index in [9.17, 15) is 0 Å². The second kappa shape index (κ2) is 1.84. The summed E-state index contributed by atoms with van der Waals surface area (Å²) in [7, 11) is 0. The maximum atomic E-state index is 4.66. The third-order valence-electron chi connectivity index (χ3n) is 0.562. The molecule has 0 aliphatic rings. The molecule has 0 fully saturated rings. The molecule has 3 heteroatoms. The molecular formula is C4H4NOS+. The summed E-state index contributed by atoms with van der Waals surface area (Å²) < 4.78 is 5.87. The van der Waals surface area contributed by atoms with E-state index < -0.39 is 0 Å². The fraction of sp³-hybridized carbons (Fsp3) is 0. The lowest BCUT2D eigenvalue weighted by atomic mass is 10.6. The molecule has 36 valence electrons. The summed E-state index contributed by atoms with van der Waals surface area (Å²) in [4.78, 5) is 0. The number of hydrogen-bond acceptors (Lipinski definition) is 2. The lowest BCUT2D eigenvalue weighted by molar-refractivity contribution is -0.661. The highest BCUT2D eigenvalue weighted by atomic mass is 32.1. The summed E-state index contributed by atoms with van der Waals surface area (Å²) in [5, 5.41) is 0. The number of nitrogens with zero attached hydrogens (tertiary/aromatic N) is 1. The molecule has 1 aromatic rings. The van der Waals surface area contributed by atoms with Crippen molar-refractivity contribution in [1.82, 2.24) is 0 Å². The van der Waals surface area contributed by atoms with Crippen LogP contribution in [-0.4, -0.2) is 0 Å². The Balaban J connectivity index is 3.28. The zero-order chi connectivity index (χ0) is 5.11. The lowest BCUT2D eigenvalue weighted by Gasteiger charge is -1.65. The minimum Gasteiger partial charge on any atom is -0.224 e. The van der Waals surface area contributed by atoms with E-state index in [2.05, 4.69) is 16.9 Å². The molecule has 0 aromatic carbocycles. The number of hydrogen-bond donors (Lipinski definition) is 0. The molecule has 0 aliphatic carbocycles. The van der Waals surface area contributed by atoms with Gasteiger partial charge in [0.2, 0.25) is 6.20 Å². The van der Waals surface area contributed by atoms with Crippen LogP contribution < -0.4 is 3.79 Å². The van der Waals surface area contributed by atoms with Gasteiger partial charge in [0.25, 0.3) is 0 Å². The van der Waals surface area contributed by atoms with Crippen molar-refractivity contribution in [2.45, 2.75) is 0 Å². The Labute approximate surface area is 46.2 Å². The molecule has 0 unspecified atom stereocenters. The van der Waals surface area contributed by atoms with Gasteiger partial charge in [-0.1, -0.05) is 0 Å². The largest absolute Gasteiger partial charge is 0.328 e. The summed E-state index contributed by atoms with van der Waals surface area (Å²) in [6.45, 7) is 0. The molecule has 0 N–H and O–H groups in total. The van der Waals surface area contributed by atoms with Crippen molar-refractivity contribution in [1.29, 1.82) is 0 Å². The van der Waals surface area contributed by atoms with Crippen LogP contribution in [0.5, 0.6) is 0 Å². The maximum Gasteiger partial charge on any atom is 0.328 e. The SMILES string of the molecule is S=[n+]1cccco1. The summed E-state index contributed by atoms with van der Waals surface area (Å²) in [5.74, 6) is 0. The van der Waals surface area contributed by atoms with E-state index in [1.54, 1.807) is 18.3 Å². The van der Waals surface area contributed by atoms with Crippen LogP contribution in [0, 0.1) is 0 Å². The lowest BCUT2D eigenvalue weighted by Crippen LogP contribution is -2.05. The third kappa shape index (κ3) is 1.08. The Kier molecular flexibility index (Phi) is 1.17. The average Bonchev–Trinajstić information content (AvgIpc) is 1.69. The Hall–Kier alpha value is -0.700. The van der Waals surface area contributed by atoms with Gasteiger partial charge in [-0.25, -0.2) is 4.52 Å². The molecule has 2 nitrogen and oxygen atoms in total. The van der Waals surface area contributed by atoms with E-state index in [-0.39, 0.29) is 0 Å². The Bertz CT molecular complexity index is 177. The normalized spacial score (nSPS) is 8.57. The van der Waals surface area contributed by atoms with Gasteiger partial charge in [0, 0.05) is 6.07 Å². The van der Waals surface area contributed by atoms with E-state index >= 15 is 0 Å². The van der Waals surface area contributed by atoms with Crippen molar-refractivity contribution in [2.75, 3.05) is 0 Å². The summed E-state index contributed by atoms with van der Waals surface area (Å²) in [6, 6.07) is 3.57. The fourth-order valence-corrected chi connectivity index (χ4v) is 0.416. The molecule has 0 atom stereocenters. The first-order valence-corrected chi connectivity index (χ1v) is 2.22. The molecule has 1 heterocycles. The van der Waals surface area contributed by atoms with Crippen molar-refractivity contribution in [3.8, 4) is 0 Å². The smallest absolute Gasteiger partial charge is 0.224 e. The zero-order valence-corrected chi connectivity index (χ0v) is 4.39. The van der Waals surface area contributed by atoms with Gasteiger partial charge in [0.1, 0.15) is 0 Å². The molecule has 0 radical (unpaired) electrons.